The second kappa shape index (κ2) is 28.8. The van der Waals surface area contributed by atoms with Gasteiger partial charge in [0.25, 0.3) is 0 Å². The van der Waals surface area contributed by atoms with Gasteiger partial charge in [0, 0.05) is 43.4 Å². The van der Waals surface area contributed by atoms with Crippen molar-refractivity contribution in [2.45, 2.75) is 90.5 Å². The van der Waals surface area contributed by atoms with Crippen LogP contribution >= 0.6 is 11.8 Å². The van der Waals surface area contributed by atoms with E-state index >= 15 is 0 Å². The number of rotatable bonds is 29. The van der Waals surface area contributed by atoms with Crippen molar-refractivity contribution < 1.29 is 52.6 Å². The lowest BCUT2D eigenvalue weighted by Gasteiger charge is -2.27. The highest BCUT2D eigenvalue weighted by Gasteiger charge is 2.36. The fraction of sp³-hybridized carbons (Fsp3) is 0.659. The lowest BCUT2D eigenvalue weighted by atomic mass is 10.0. The number of ether oxygens (including phenoxy) is 3. The Balaban J connectivity index is 1.92. The summed E-state index contributed by atoms with van der Waals surface area (Å²) >= 11 is 1.39. The Morgan fingerprint density at radius 2 is 1.43 bits per heavy atom. The van der Waals surface area contributed by atoms with E-state index in [0.717, 1.165) is 0 Å². The molecule has 0 bridgehead atoms. The molecule has 1 aromatic rings. The van der Waals surface area contributed by atoms with Crippen molar-refractivity contribution in [1.82, 2.24) is 36.8 Å². The molecule has 4 atom stereocenters. The van der Waals surface area contributed by atoms with Gasteiger partial charge < -0.3 is 56.7 Å². The van der Waals surface area contributed by atoms with Gasteiger partial charge in [0.2, 0.25) is 41.4 Å². The minimum absolute atomic E-state index is 0.00260. The van der Waals surface area contributed by atoms with E-state index in [-0.39, 0.29) is 76.1 Å². The maximum atomic E-state index is 13.5. The summed E-state index contributed by atoms with van der Waals surface area (Å²) in [6.07, 6.45) is 3.14. The average Bonchev–Trinajstić information content (AvgIpc) is 3.71. The number of hydrogen-bond donors (Lipinski definition) is 7. The van der Waals surface area contributed by atoms with Crippen molar-refractivity contribution in [3.8, 4) is 0 Å². The largest absolute Gasteiger partial charge is 0.378 e. The predicted octanol–water partition coefficient (Wildman–Crippen LogP) is -0.948. The first kappa shape index (κ1) is 52.5. The molecule has 20 heteroatoms. The Morgan fingerprint density at radius 3 is 2.07 bits per heavy atom. The van der Waals surface area contributed by atoms with Crippen LogP contribution in [0.2, 0.25) is 0 Å². The molecule has 1 aliphatic heterocycles. The summed E-state index contributed by atoms with van der Waals surface area (Å²) in [6, 6.07) is 2.98. The van der Waals surface area contributed by atoms with Crippen molar-refractivity contribution in [2.75, 3.05) is 77.8 Å². The summed E-state index contributed by atoms with van der Waals surface area (Å²) in [7, 11) is 0. The maximum Gasteiger partial charge on any atom is 0.249 e. The third-order valence-corrected chi connectivity index (χ3v) is 9.81. The number of thioether (sulfide) groups is 1. The highest BCUT2D eigenvalue weighted by atomic mass is 32.2. The zero-order chi connectivity index (χ0) is 45.3. The maximum absolute atomic E-state index is 13.5. The molecule has 1 aromatic carbocycles. The molecule has 1 saturated heterocycles. The second-order valence-electron chi connectivity index (χ2n) is 15.3. The van der Waals surface area contributed by atoms with Crippen LogP contribution in [-0.2, 0) is 54.2 Å². The Hall–Kier alpha value is -4.63. The highest BCUT2D eigenvalue weighted by molar-refractivity contribution is 7.98. The third kappa shape index (κ3) is 20.7. The van der Waals surface area contributed by atoms with Crippen LogP contribution in [0.5, 0.6) is 0 Å². The summed E-state index contributed by atoms with van der Waals surface area (Å²) in [5.41, 5.74) is 6.60. The van der Waals surface area contributed by atoms with Gasteiger partial charge in [0.05, 0.1) is 33.0 Å². The smallest absolute Gasteiger partial charge is 0.249 e. The van der Waals surface area contributed by atoms with Crippen LogP contribution in [0.4, 0.5) is 0 Å². The summed E-state index contributed by atoms with van der Waals surface area (Å²) in [6.45, 7) is 9.18. The summed E-state index contributed by atoms with van der Waals surface area (Å²) < 4.78 is 16.1. The van der Waals surface area contributed by atoms with Crippen LogP contribution in [0.25, 0.3) is 0 Å². The van der Waals surface area contributed by atoms with Gasteiger partial charge in [0.15, 0.2) is 5.78 Å². The van der Waals surface area contributed by atoms with Crippen molar-refractivity contribution in [2.24, 2.45) is 11.7 Å². The van der Waals surface area contributed by atoms with Gasteiger partial charge >= 0.3 is 0 Å². The van der Waals surface area contributed by atoms with Crippen LogP contribution < -0.4 is 37.6 Å². The molecule has 1 fully saturated rings. The minimum atomic E-state index is -0.989. The molecule has 1 heterocycles. The van der Waals surface area contributed by atoms with Gasteiger partial charge in [-0.25, -0.2) is 0 Å². The molecular formula is C41H66N8O11S. The monoisotopic (exact) mass is 878 g/mol. The van der Waals surface area contributed by atoms with Crippen LogP contribution in [0.1, 0.15) is 69.8 Å². The Bertz CT molecular complexity index is 1600. The van der Waals surface area contributed by atoms with E-state index in [4.69, 9.17) is 19.9 Å². The number of likely N-dealkylation sites (tertiary alicyclic amines) is 1. The third-order valence-electron chi connectivity index (χ3n) is 9.15. The molecule has 1 aliphatic rings. The van der Waals surface area contributed by atoms with Crippen LogP contribution in [-0.4, -0.2) is 160 Å². The normalized spacial score (nSPS) is 15.1. The number of nitrogens with two attached hydrogens (primary N) is 1. The van der Waals surface area contributed by atoms with Crippen LogP contribution in [0.3, 0.4) is 0 Å². The molecule has 19 nitrogen and oxygen atoms in total. The Labute approximate surface area is 362 Å². The molecule has 7 amide bonds. The molecule has 0 aromatic heterocycles. The van der Waals surface area contributed by atoms with Gasteiger partial charge in [-0.3, -0.25) is 38.4 Å². The van der Waals surface area contributed by atoms with Crippen molar-refractivity contribution in [1.29, 1.82) is 0 Å². The van der Waals surface area contributed by atoms with Crippen molar-refractivity contribution in [3.05, 3.63) is 35.4 Å². The van der Waals surface area contributed by atoms with Gasteiger partial charge in [-0.15, -0.1) is 0 Å². The zero-order valence-electron chi connectivity index (χ0n) is 36.3. The zero-order valence-corrected chi connectivity index (χ0v) is 37.1. The molecule has 2 unspecified atom stereocenters. The van der Waals surface area contributed by atoms with Crippen LogP contribution in [0.15, 0.2) is 24.3 Å². The van der Waals surface area contributed by atoms with Crippen molar-refractivity contribution in [3.63, 3.8) is 0 Å². The molecule has 2 rings (SSSR count). The Kier molecular flexibility index (Phi) is 24.8. The van der Waals surface area contributed by atoms with Gasteiger partial charge in [0.1, 0.15) is 37.4 Å². The topological polar surface area (TPSA) is 266 Å². The summed E-state index contributed by atoms with van der Waals surface area (Å²) in [5.74, 6) is -3.20. The lowest BCUT2D eigenvalue weighted by molar-refractivity contribution is -0.142. The van der Waals surface area contributed by atoms with E-state index in [9.17, 15) is 38.4 Å². The summed E-state index contributed by atoms with van der Waals surface area (Å²) in [5, 5.41) is 16.1. The van der Waals surface area contributed by atoms with E-state index in [2.05, 4.69) is 31.9 Å². The number of hydrogen-bond acceptors (Lipinski definition) is 13. The molecule has 0 aliphatic carbocycles. The fourth-order valence-corrected chi connectivity index (χ4v) is 6.78. The summed E-state index contributed by atoms with van der Waals surface area (Å²) in [4.78, 5) is 104. The molecule has 0 spiro atoms. The SMILES string of the molecule is CSCC(NC(=O)CNC(=O)[C@H](CC(C)C)NC(=O)C1CCCN1C(=O)COCCNC(=O)[C@H](Cc1ccc(C(C)=O)cc1)NC(=O)COCCOCCN)C(=O)NC(C)C. The van der Waals surface area contributed by atoms with E-state index in [1.54, 1.807) is 24.3 Å². The quantitative estimate of drug-likeness (QED) is 0.0379. The standard InChI is InChI=1S/C41H66N8O11S/c1-26(2)20-31(39(55)44-22-35(51)47-33(25-61-6)40(56)45-27(3)4)48-41(57)34-8-7-15-49(34)37(53)24-59-17-14-43-38(54)32(21-29-9-11-30(12-10-29)28(5)50)46-36(52)23-60-19-18-58-16-13-42/h9-12,26-27,31-34H,7-8,13-25,42H2,1-6H3,(H,43,54)(H,44,55)(H,45,56)(H,46,52)(H,47,51)(H,48,57)/t31-,32-,33?,34?/m0/s1. The first-order chi connectivity index (χ1) is 29.1. The number of carbonyl (C=O) groups is 8. The van der Waals surface area contributed by atoms with Gasteiger partial charge in [-0.05, 0) is 57.8 Å². The number of nitrogens with one attached hydrogen (secondary N) is 6. The van der Waals surface area contributed by atoms with E-state index < -0.39 is 66.2 Å². The Morgan fingerprint density at radius 1 is 0.770 bits per heavy atom. The molecule has 0 saturated carbocycles. The lowest BCUT2D eigenvalue weighted by Crippen LogP contribution is -2.55. The first-order valence-electron chi connectivity index (χ1n) is 20.6. The number of nitrogens with zero attached hydrogens (tertiary/aromatic N) is 1. The van der Waals surface area contributed by atoms with E-state index in [0.29, 0.717) is 49.4 Å². The molecule has 342 valence electrons. The van der Waals surface area contributed by atoms with E-state index in [1.165, 1.54) is 23.6 Å². The number of carbonyl (C=O) groups excluding carboxylic acids is 8. The van der Waals surface area contributed by atoms with Crippen LogP contribution in [0, 0.1) is 5.92 Å². The molecular weight excluding hydrogens is 813 g/mol. The van der Waals surface area contributed by atoms with Gasteiger partial charge in [-0.2, -0.15) is 11.8 Å². The minimum Gasteiger partial charge on any atom is -0.378 e. The first-order valence-corrected chi connectivity index (χ1v) is 22.0. The second-order valence-corrected chi connectivity index (χ2v) is 16.2. The number of amides is 7. The van der Waals surface area contributed by atoms with Crippen molar-refractivity contribution >= 4 is 58.9 Å². The number of Topliss-reactive ketones (excluding diaryl/α,β-unsaturated/α-hetero) is 1. The fourth-order valence-electron chi connectivity index (χ4n) is 6.22. The molecule has 8 N–H and O–H groups in total. The predicted molar refractivity (Wildman–Crippen MR) is 229 cm³/mol. The highest BCUT2D eigenvalue weighted by Crippen LogP contribution is 2.19. The molecule has 61 heavy (non-hydrogen) atoms. The number of ketones is 1. The number of benzene rings is 1. The molecule has 0 radical (unpaired) electrons. The van der Waals surface area contributed by atoms with Gasteiger partial charge in [-0.1, -0.05) is 38.1 Å². The van der Waals surface area contributed by atoms with E-state index in [1.807, 2.05) is 34.0 Å². The average molecular weight is 879 g/mol.